The van der Waals surface area contributed by atoms with Gasteiger partial charge in [0.1, 0.15) is 0 Å². The van der Waals surface area contributed by atoms with Crippen molar-refractivity contribution in [1.29, 1.82) is 0 Å². The van der Waals surface area contributed by atoms with Crippen LogP contribution in [0.3, 0.4) is 0 Å². The second-order valence-corrected chi connectivity index (χ2v) is 5.54. The van der Waals surface area contributed by atoms with Crippen molar-refractivity contribution in [2.45, 2.75) is 41.0 Å². The highest BCUT2D eigenvalue weighted by Gasteiger charge is 2.71. The van der Waals surface area contributed by atoms with Crippen molar-refractivity contribution < 1.29 is 0 Å². The van der Waals surface area contributed by atoms with Crippen molar-refractivity contribution in [2.75, 3.05) is 0 Å². The molecule has 0 aromatic heterocycles. The van der Waals surface area contributed by atoms with Crippen molar-refractivity contribution in [1.82, 2.24) is 0 Å². The third-order valence-electron chi connectivity index (χ3n) is 5.44. The van der Waals surface area contributed by atoms with E-state index in [1.807, 2.05) is 0 Å². The Labute approximate surface area is 70.4 Å². The van der Waals surface area contributed by atoms with Gasteiger partial charge >= 0.3 is 0 Å². The summed E-state index contributed by atoms with van der Waals surface area (Å²) in [5.41, 5.74) is 1.28. The quantitative estimate of drug-likeness (QED) is 0.499. The van der Waals surface area contributed by atoms with E-state index < -0.39 is 0 Å². The summed E-state index contributed by atoms with van der Waals surface area (Å²) < 4.78 is 0. The van der Waals surface area contributed by atoms with Crippen molar-refractivity contribution in [3.63, 3.8) is 0 Å². The van der Waals surface area contributed by atoms with Crippen LogP contribution in [0.25, 0.3) is 0 Å². The number of hydrogen-bond acceptors (Lipinski definition) is 0. The van der Waals surface area contributed by atoms with Gasteiger partial charge in [0, 0.05) is 0 Å². The summed E-state index contributed by atoms with van der Waals surface area (Å²) in [5.74, 6) is 2.98. The Kier molecular flexibility index (Phi) is 1.16. The molecule has 11 heavy (non-hydrogen) atoms. The van der Waals surface area contributed by atoms with Crippen LogP contribution in [-0.2, 0) is 0 Å². The van der Waals surface area contributed by atoms with E-state index in [0.717, 1.165) is 17.8 Å². The molecule has 0 amide bonds. The average Bonchev–Trinajstić information content (AvgIpc) is 2.35. The maximum Gasteiger partial charge on any atom is -0.0212 e. The normalized spacial score (nSPS) is 59.2. The van der Waals surface area contributed by atoms with Crippen molar-refractivity contribution in [3.8, 4) is 0 Å². The summed E-state index contributed by atoms with van der Waals surface area (Å²) in [6.07, 6.45) is 1.48. The molecule has 2 aliphatic rings. The van der Waals surface area contributed by atoms with Crippen molar-refractivity contribution in [3.05, 3.63) is 0 Å². The molecule has 0 bridgehead atoms. The molecule has 0 N–H and O–H groups in total. The first-order valence-corrected chi connectivity index (χ1v) is 4.92. The van der Waals surface area contributed by atoms with Crippen LogP contribution >= 0.6 is 0 Å². The van der Waals surface area contributed by atoms with Crippen LogP contribution in [0.2, 0.25) is 0 Å². The molecule has 64 valence electrons. The largest absolute Gasteiger partial charge is 0.0620 e. The number of hydrogen-bond donors (Lipinski definition) is 0. The zero-order valence-corrected chi connectivity index (χ0v) is 8.44. The van der Waals surface area contributed by atoms with Crippen LogP contribution in [0.4, 0.5) is 0 Å². The molecule has 0 aliphatic heterocycles. The molecule has 4 atom stereocenters. The summed E-state index contributed by atoms with van der Waals surface area (Å²) in [4.78, 5) is 0. The van der Waals surface area contributed by atoms with Gasteiger partial charge in [-0.25, -0.2) is 0 Å². The van der Waals surface area contributed by atoms with Gasteiger partial charge in [0.25, 0.3) is 0 Å². The Morgan fingerprint density at radius 1 is 1.09 bits per heavy atom. The Morgan fingerprint density at radius 2 is 1.64 bits per heavy atom. The van der Waals surface area contributed by atoms with Gasteiger partial charge in [-0.2, -0.15) is 0 Å². The maximum atomic E-state index is 2.49. The molecule has 0 nitrogen and oxygen atoms in total. The van der Waals surface area contributed by atoms with Gasteiger partial charge in [0.2, 0.25) is 0 Å². The van der Waals surface area contributed by atoms with E-state index in [2.05, 4.69) is 34.6 Å². The average molecular weight is 152 g/mol. The van der Waals surface area contributed by atoms with E-state index in [1.54, 1.807) is 0 Å². The summed E-state index contributed by atoms with van der Waals surface area (Å²) in [5, 5.41) is 0. The predicted octanol–water partition coefficient (Wildman–Crippen LogP) is 3.32. The van der Waals surface area contributed by atoms with E-state index in [4.69, 9.17) is 0 Å². The SMILES string of the molecule is CC1CC2C(C)C2(C)C1(C)C. The molecular weight excluding hydrogens is 132 g/mol. The van der Waals surface area contributed by atoms with E-state index in [9.17, 15) is 0 Å². The first-order valence-electron chi connectivity index (χ1n) is 4.92. The lowest BCUT2D eigenvalue weighted by atomic mass is 9.70. The third kappa shape index (κ3) is 0.588. The van der Waals surface area contributed by atoms with Gasteiger partial charge in [0.05, 0.1) is 0 Å². The van der Waals surface area contributed by atoms with E-state index >= 15 is 0 Å². The molecular formula is C11H20. The van der Waals surface area contributed by atoms with Crippen LogP contribution in [-0.4, -0.2) is 0 Å². The van der Waals surface area contributed by atoms with Crippen molar-refractivity contribution in [2.24, 2.45) is 28.6 Å². The van der Waals surface area contributed by atoms with E-state index in [0.29, 0.717) is 10.8 Å². The predicted molar refractivity (Wildman–Crippen MR) is 48.3 cm³/mol. The minimum absolute atomic E-state index is 0.594. The van der Waals surface area contributed by atoms with Gasteiger partial charge in [-0.3, -0.25) is 0 Å². The molecule has 0 aromatic rings. The fourth-order valence-electron chi connectivity index (χ4n) is 3.55. The molecule has 0 heteroatoms. The van der Waals surface area contributed by atoms with E-state index in [1.165, 1.54) is 6.42 Å². The van der Waals surface area contributed by atoms with Crippen LogP contribution in [0.15, 0.2) is 0 Å². The Morgan fingerprint density at radius 3 is 1.91 bits per heavy atom. The molecule has 0 radical (unpaired) electrons. The standard InChI is InChI=1S/C11H20/c1-7-6-9-8(2)11(9,5)10(7,3)4/h7-9H,6H2,1-5H3. The highest BCUT2D eigenvalue weighted by atomic mass is 14.8. The first kappa shape index (κ1) is 7.64. The molecule has 0 aromatic carbocycles. The topological polar surface area (TPSA) is 0 Å². The van der Waals surface area contributed by atoms with Crippen molar-refractivity contribution >= 4 is 0 Å². The smallest absolute Gasteiger partial charge is 0.0212 e. The van der Waals surface area contributed by atoms with Gasteiger partial charge in [-0.05, 0) is 35.0 Å². The van der Waals surface area contributed by atoms with Crippen LogP contribution in [0.1, 0.15) is 41.0 Å². The summed E-state index contributed by atoms with van der Waals surface area (Å²) in [6, 6.07) is 0. The van der Waals surface area contributed by atoms with Crippen LogP contribution < -0.4 is 0 Å². The first-order chi connectivity index (χ1) is 4.92. The second kappa shape index (κ2) is 1.67. The van der Waals surface area contributed by atoms with E-state index in [-0.39, 0.29) is 0 Å². The van der Waals surface area contributed by atoms with Gasteiger partial charge in [-0.1, -0.05) is 34.6 Å². The fourth-order valence-corrected chi connectivity index (χ4v) is 3.55. The summed E-state index contributed by atoms with van der Waals surface area (Å²) in [6.45, 7) is 12.3. The summed E-state index contributed by atoms with van der Waals surface area (Å²) in [7, 11) is 0. The Balaban J connectivity index is 2.32. The fraction of sp³-hybridized carbons (Fsp3) is 1.00. The zero-order valence-electron chi connectivity index (χ0n) is 8.44. The Hall–Kier alpha value is 0. The number of fused-ring (bicyclic) bond motifs is 1. The lowest BCUT2D eigenvalue weighted by molar-refractivity contribution is 0.142. The minimum Gasteiger partial charge on any atom is -0.0620 e. The molecule has 2 fully saturated rings. The van der Waals surface area contributed by atoms with Gasteiger partial charge in [-0.15, -0.1) is 0 Å². The minimum atomic E-state index is 0.594. The maximum absolute atomic E-state index is 2.49. The van der Waals surface area contributed by atoms with Gasteiger partial charge < -0.3 is 0 Å². The molecule has 2 saturated carbocycles. The lowest BCUT2D eigenvalue weighted by Crippen LogP contribution is -2.27. The highest BCUT2D eigenvalue weighted by Crippen LogP contribution is 2.77. The Bertz CT molecular complexity index is 189. The molecule has 0 spiro atoms. The van der Waals surface area contributed by atoms with Crippen LogP contribution in [0.5, 0.6) is 0 Å². The number of rotatable bonds is 0. The van der Waals surface area contributed by atoms with Gasteiger partial charge in [0.15, 0.2) is 0 Å². The molecule has 2 aliphatic carbocycles. The monoisotopic (exact) mass is 152 g/mol. The lowest BCUT2D eigenvalue weighted by Gasteiger charge is -2.34. The third-order valence-corrected chi connectivity index (χ3v) is 5.44. The summed E-state index contributed by atoms with van der Waals surface area (Å²) >= 11 is 0. The molecule has 0 heterocycles. The van der Waals surface area contributed by atoms with Crippen LogP contribution in [0, 0.1) is 28.6 Å². The molecule has 4 unspecified atom stereocenters. The highest BCUT2D eigenvalue weighted by molar-refractivity contribution is 5.19. The molecule has 2 rings (SSSR count). The zero-order chi connectivity index (χ0) is 8.44. The molecule has 0 saturated heterocycles. The second-order valence-electron chi connectivity index (χ2n) is 5.54.